The van der Waals surface area contributed by atoms with Gasteiger partial charge in [0.25, 0.3) is 11.4 Å². The molecule has 0 radical (unpaired) electrons. The van der Waals surface area contributed by atoms with Crippen molar-refractivity contribution in [2.45, 2.75) is 19.8 Å². The maximum absolute atomic E-state index is 11.9. The van der Waals surface area contributed by atoms with Crippen molar-refractivity contribution in [1.82, 2.24) is 0 Å². The number of hydrogen-bond acceptors (Lipinski definition) is 8. The first-order valence-electron chi connectivity index (χ1n) is 7.00. The van der Waals surface area contributed by atoms with Crippen LogP contribution >= 0.6 is 12.4 Å². The molecule has 0 amide bonds. The fourth-order valence-corrected chi connectivity index (χ4v) is 1.79. The zero-order chi connectivity index (χ0) is 17.4. The molecule has 0 atom stereocenters. The van der Waals surface area contributed by atoms with E-state index in [2.05, 4.69) is 5.32 Å². The number of ether oxygens (including phenoxy) is 1. The van der Waals surface area contributed by atoms with E-state index in [0.717, 1.165) is 18.6 Å². The molecular weight excluding hydrogens is 344 g/mol. The van der Waals surface area contributed by atoms with Crippen LogP contribution in [0.15, 0.2) is 12.1 Å². The summed E-state index contributed by atoms with van der Waals surface area (Å²) in [6.07, 6.45) is 1.43. The van der Waals surface area contributed by atoms with Crippen LogP contribution in [0.3, 0.4) is 0 Å². The van der Waals surface area contributed by atoms with Crippen molar-refractivity contribution in [2.24, 2.45) is 5.73 Å². The number of unbranched alkanes of at least 4 members (excludes halogenated alkanes) is 1. The number of benzene rings is 1. The maximum atomic E-state index is 11.9. The van der Waals surface area contributed by atoms with Crippen molar-refractivity contribution in [1.29, 1.82) is 0 Å². The van der Waals surface area contributed by atoms with Crippen molar-refractivity contribution in [3.63, 3.8) is 0 Å². The number of esters is 1. The molecule has 1 rings (SSSR count). The van der Waals surface area contributed by atoms with Gasteiger partial charge < -0.3 is 15.8 Å². The van der Waals surface area contributed by atoms with Crippen LogP contribution in [0.25, 0.3) is 0 Å². The molecule has 0 aliphatic carbocycles. The summed E-state index contributed by atoms with van der Waals surface area (Å²) in [6, 6.07) is 1.92. The molecule has 0 aliphatic heterocycles. The number of anilines is 1. The average molecular weight is 363 g/mol. The lowest BCUT2D eigenvalue weighted by Gasteiger charge is -2.09. The molecule has 0 fully saturated rings. The number of nitrogens with two attached hydrogens (primary N) is 1. The molecule has 0 aromatic heterocycles. The van der Waals surface area contributed by atoms with E-state index in [0.29, 0.717) is 6.42 Å². The molecule has 0 saturated carbocycles. The fourth-order valence-electron chi connectivity index (χ4n) is 1.79. The Morgan fingerprint density at radius 2 is 1.79 bits per heavy atom. The number of carbonyl (C=O) groups excluding carboxylic acids is 1. The second kappa shape index (κ2) is 10.3. The minimum atomic E-state index is -0.838. The average Bonchev–Trinajstić information content (AvgIpc) is 2.51. The predicted molar refractivity (Wildman–Crippen MR) is 89.7 cm³/mol. The summed E-state index contributed by atoms with van der Waals surface area (Å²) in [5.74, 6) is -0.838. The number of nitrogens with zero attached hydrogens (tertiary/aromatic N) is 2. The van der Waals surface area contributed by atoms with Crippen LogP contribution in [0.5, 0.6) is 0 Å². The van der Waals surface area contributed by atoms with Crippen LogP contribution in [0.4, 0.5) is 17.1 Å². The highest BCUT2D eigenvalue weighted by molar-refractivity contribution is 5.93. The normalized spacial score (nSPS) is 9.75. The monoisotopic (exact) mass is 362 g/mol. The molecule has 0 aliphatic rings. The molecule has 0 saturated heterocycles. The molecular formula is C13H19ClN4O6. The third kappa shape index (κ3) is 5.63. The molecule has 0 unspecified atom stereocenters. The van der Waals surface area contributed by atoms with E-state index in [-0.39, 0.29) is 43.4 Å². The Labute approximate surface area is 144 Å². The second-order valence-corrected chi connectivity index (χ2v) is 4.61. The third-order valence-corrected chi connectivity index (χ3v) is 2.90. The lowest BCUT2D eigenvalue weighted by atomic mass is 10.1. The number of halogens is 1. The lowest BCUT2D eigenvalue weighted by molar-refractivity contribution is -0.392. The summed E-state index contributed by atoms with van der Waals surface area (Å²) in [6.45, 7) is 2.29. The van der Waals surface area contributed by atoms with Gasteiger partial charge in [0, 0.05) is 25.2 Å². The van der Waals surface area contributed by atoms with Crippen LogP contribution in [0.2, 0.25) is 0 Å². The zero-order valence-corrected chi connectivity index (χ0v) is 13.8. The van der Waals surface area contributed by atoms with Gasteiger partial charge in [-0.2, -0.15) is 0 Å². The zero-order valence-electron chi connectivity index (χ0n) is 13.0. The predicted octanol–water partition coefficient (Wildman–Crippen LogP) is 2.25. The number of carbonyl (C=O) groups is 1. The summed E-state index contributed by atoms with van der Waals surface area (Å²) in [5.41, 5.74) is 3.63. The Bertz CT molecular complexity index is 575. The van der Waals surface area contributed by atoms with Crippen molar-refractivity contribution in [2.75, 3.05) is 25.0 Å². The van der Waals surface area contributed by atoms with Gasteiger partial charge in [-0.1, -0.05) is 13.3 Å². The van der Waals surface area contributed by atoms with E-state index < -0.39 is 27.2 Å². The first-order valence-corrected chi connectivity index (χ1v) is 7.00. The SMILES string of the molecule is CCCCOC(=O)c1cc([N+](=O)[O-])c(NCCN)c([N+](=O)[O-])c1.Cl. The standard InChI is InChI=1S/C13H18N4O6.ClH/c1-2-3-6-23-13(18)9-7-10(16(19)20)12(15-5-4-14)11(8-9)17(21)22;/h7-8,15H,2-6,14H2,1H3;1H. The Morgan fingerprint density at radius 3 is 2.21 bits per heavy atom. The second-order valence-electron chi connectivity index (χ2n) is 4.61. The molecule has 1 aromatic carbocycles. The molecule has 0 spiro atoms. The first-order chi connectivity index (χ1) is 10.9. The summed E-state index contributed by atoms with van der Waals surface area (Å²) < 4.78 is 4.93. The molecule has 11 heteroatoms. The molecule has 0 bridgehead atoms. The third-order valence-electron chi connectivity index (χ3n) is 2.90. The fraction of sp³-hybridized carbons (Fsp3) is 0.462. The summed E-state index contributed by atoms with van der Waals surface area (Å²) >= 11 is 0. The summed E-state index contributed by atoms with van der Waals surface area (Å²) in [5, 5.41) is 24.9. The van der Waals surface area contributed by atoms with E-state index in [4.69, 9.17) is 10.5 Å². The van der Waals surface area contributed by atoms with E-state index in [1.54, 1.807) is 0 Å². The van der Waals surface area contributed by atoms with Crippen molar-refractivity contribution in [3.05, 3.63) is 37.9 Å². The molecule has 24 heavy (non-hydrogen) atoms. The number of nitro groups is 2. The minimum Gasteiger partial charge on any atom is -0.462 e. The number of nitro benzene ring substituents is 2. The first kappa shape index (κ1) is 21.5. The van der Waals surface area contributed by atoms with Gasteiger partial charge in [0.1, 0.15) is 0 Å². The van der Waals surface area contributed by atoms with Crippen molar-refractivity contribution in [3.8, 4) is 0 Å². The number of rotatable bonds is 9. The number of nitrogens with one attached hydrogen (secondary N) is 1. The van der Waals surface area contributed by atoms with Crippen LogP contribution < -0.4 is 11.1 Å². The van der Waals surface area contributed by atoms with Crippen LogP contribution in [-0.2, 0) is 4.74 Å². The van der Waals surface area contributed by atoms with Gasteiger partial charge in [0.15, 0.2) is 5.69 Å². The molecule has 1 aromatic rings. The van der Waals surface area contributed by atoms with Gasteiger partial charge >= 0.3 is 5.97 Å². The molecule has 3 N–H and O–H groups in total. The van der Waals surface area contributed by atoms with E-state index in [1.165, 1.54) is 0 Å². The summed E-state index contributed by atoms with van der Waals surface area (Å²) in [7, 11) is 0. The largest absolute Gasteiger partial charge is 0.462 e. The smallest absolute Gasteiger partial charge is 0.338 e. The highest BCUT2D eigenvalue weighted by atomic mass is 35.5. The summed E-state index contributed by atoms with van der Waals surface area (Å²) in [4.78, 5) is 32.6. The van der Waals surface area contributed by atoms with Gasteiger partial charge in [-0.3, -0.25) is 20.2 Å². The number of hydrogen-bond donors (Lipinski definition) is 2. The van der Waals surface area contributed by atoms with Crippen molar-refractivity contribution >= 4 is 35.4 Å². The Kier molecular flexibility index (Phi) is 9.28. The molecule has 0 heterocycles. The van der Waals surface area contributed by atoms with Gasteiger partial charge in [-0.05, 0) is 6.42 Å². The van der Waals surface area contributed by atoms with Crippen LogP contribution in [-0.4, -0.2) is 35.5 Å². The van der Waals surface area contributed by atoms with Gasteiger partial charge in [0.2, 0.25) is 0 Å². The Morgan fingerprint density at radius 1 is 1.25 bits per heavy atom. The van der Waals surface area contributed by atoms with Crippen LogP contribution in [0, 0.1) is 20.2 Å². The van der Waals surface area contributed by atoms with Gasteiger partial charge in [0.05, 0.1) is 22.0 Å². The van der Waals surface area contributed by atoms with Crippen LogP contribution in [0.1, 0.15) is 30.1 Å². The lowest BCUT2D eigenvalue weighted by Crippen LogP contribution is -2.16. The Balaban J connectivity index is 0.00000529. The highest BCUT2D eigenvalue weighted by Gasteiger charge is 2.28. The van der Waals surface area contributed by atoms with Gasteiger partial charge in [-0.25, -0.2) is 4.79 Å². The van der Waals surface area contributed by atoms with E-state index in [1.807, 2.05) is 6.92 Å². The quantitative estimate of drug-likeness (QED) is 0.293. The maximum Gasteiger partial charge on any atom is 0.338 e. The topological polar surface area (TPSA) is 151 Å². The highest BCUT2D eigenvalue weighted by Crippen LogP contribution is 2.35. The minimum absolute atomic E-state index is 0. The molecule has 10 nitrogen and oxygen atoms in total. The Hall–Kier alpha value is -2.46. The van der Waals surface area contributed by atoms with Gasteiger partial charge in [-0.15, -0.1) is 12.4 Å². The van der Waals surface area contributed by atoms with E-state index in [9.17, 15) is 25.0 Å². The molecule has 134 valence electrons. The van der Waals surface area contributed by atoms with E-state index >= 15 is 0 Å². The van der Waals surface area contributed by atoms with Crippen molar-refractivity contribution < 1.29 is 19.4 Å².